The second-order valence-electron chi connectivity index (χ2n) is 20.6. The molecule has 0 saturated carbocycles. The minimum absolute atomic E-state index is 0.222. The standard InChI is InChI=1S/C24H21N5O3S.C16H14ClN5OS.C14H19BO4/c1-31-23(30)16-5-2-4-15(8-16)20-27-21(19-22(28-20)33-14-25-19)26-17-6-3-7-18(9-17)29-10-24(11-29)12-32-13-24;17-15-20-13(12-14(21-15)24-9-18-12)19-10-2-1-3-11(4-10)22-5-16(6-22)7-23-8-16;1-13(2)14(3,4)19-15(18-13)11-8-6-7-10(9-11)12(16)17-5/h2-9,14H,10-13H2,1H3,(H,26,27,28);1-4,9H,5-8H2,(H,19,20,21);6-9H,1-5H3. The van der Waals surface area contributed by atoms with E-state index >= 15 is 0 Å². The van der Waals surface area contributed by atoms with Crippen molar-refractivity contribution < 1.29 is 37.8 Å². The third-order valence-electron chi connectivity index (χ3n) is 14.4. The molecule has 2 spiro atoms. The molecule has 76 heavy (non-hydrogen) atoms. The predicted octanol–water partition coefficient (Wildman–Crippen LogP) is 9.21. The summed E-state index contributed by atoms with van der Waals surface area (Å²) in [7, 11) is 2.27. The van der Waals surface area contributed by atoms with Crippen LogP contribution in [0.15, 0.2) is 108 Å². The van der Waals surface area contributed by atoms with Crippen molar-refractivity contribution in [3.63, 3.8) is 0 Å². The molecule has 0 bridgehead atoms. The number of esters is 2. The van der Waals surface area contributed by atoms with Gasteiger partial charge in [-0.05, 0) is 105 Å². The highest BCUT2D eigenvalue weighted by Crippen LogP contribution is 2.43. The van der Waals surface area contributed by atoms with Gasteiger partial charge in [0.15, 0.2) is 22.3 Å². The summed E-state index contributed by atoms with van der Waals surface area (Å²) >= 11 is 8.91. The van der Waals surface area contributed by atoms with Gasteiger partial charge >= 0.3 is 19.1 Å². The van der Waals surface area contributed by atoms with Crippen LogP contribution in [0.5, 0.6) is 0 Å². The van der Waals surface area contributed by atoms with Crippen molar-refractivity contribution in [3.8, 4) is 11.4 Å². The van der Waals surface area contributed by atoms with Gasteiger partial charge in [-0.2, -0.15) is 4.98 Å². The number of carbonyl (C=O) groups is 2. The number of methoxy groups -OCH3 is 2. The number of carbonyl (C=O) groups excluding carboxylic acids is 2. The number of nitrogens with zero attached hydrogens (tertiary/aromatic N) is 8. The largest absolute Gasteiger partial charge is 0.494 e. The Morgan fingerprint density at radius 3 is 1.62 bits per heavy atom. The van der Waals surface area contributed by atoms with Crippen molar-refractivity contribution >= 4 is 114 Å². The van der Waals surface area contributed by atoms with Crippen LogP contribution in [-0.4, -0.2) is 127 Å². The van der Waals surface area contributed by atoms with E-state index in [4.69, 9.17) is 44.8 Å². The number of ether oxygens (including phenoxy) is 4. The fraction of sp³-hybridized carbons (Fsp3) is 0.333. The van der Waals surface area contributed by atoms with E-state index in [1.807, 2.05) is 64.1 Å². The number of nitrogens with one attached hydrogen (secondary N) is 2. The lowest BCUT2D eigenvalue weighted by molar-refractivity contribution is -0.127. The Hall–Kier alpha value is -6.85. The molecule has 0 amide bonds. The Bertz CT molecular complexity index is 3450. The first-order valence-corrected chi connectivity index (χ1v) is 26.7. The summed E-state index contributed by atoms with van der Waals surface area (Å²) in [5.41, 5.74) is 11.7. The Kier molecular flexibility index (Phi) is 13.9. The van der Waals surface area contributed by atoms with Crippen LogP contribution in [0.3, 0.4) is 0 Å². The minimum Gasteiger partial charge on any atom is -0.465 e. The molecule has 2 N–H and O–H groups in total. The number of halogens is 1. The smallest absolute Gasteiger partial charge is 0.465 e. The SMILES string of the molecule is COC(=O)c1cccc(-c2nc(Nc3cccc(N4CC5(COC5)C4)c3)c3ncsc3n2)c1.COC(=O)c1cccc(B2OC(C)(C)C(C)(C)O2)c1.Clc1nc(Nc2cccc(N3CC4(COC4)C3)c2)c2ncsc2n1. The molecule has 22 heteroatoms. The Morgan fingerprint density at radius 2 is 1.11 bits per heavy atom. The quantitative estimate of drug-likeness (QED) is 0.0746. The van der Waals surface area contributed by atoms with Gasteiger partial charge in [0.2, 0.25) is 5.28 Å². The van der Waals surface area contributed by atoms with Gasteiger partial charge in [0.05, 0.1) is 84.8 Å². The number of thiazole rings is 2. The van der Waals surface area contributed by atoms with Crippen molar-refractivity contribution in [2.75, 3.05) is 87.3 Å². The average Bonchev–Trinajstić information content (AvgIpc) is 4.16. The zero-order valence-corrected chi connectivity index (χ0v) is 45.1. The number of hydrogen-bond acceptors (Lipinski definition) is 20. The maximum Gasteiger partial charge on any atom is 0.494 e. The van der Waals surface area contributed by atoms with Crippen molar-refractivity contribution in [1.82, 2.24) is 29.9 Å². The van der Waals surface area contributed by atoms with Crippen LogP contribution in [0.2, 0.25) is 5.28 Å². The lowest BCUT2D eigenvalue weighted by Gasteiger charge is -2.56. The first kappa shape index (κ1) is 51.3. The molecule has 4 aromatic carbocycles. The Morgan fingerprint density at radius 1 is 0.618 bits per heavy atom. The minimum atomic E-state index is -0.463. The van der Waals surface area contributed by atoms with E-state index in [0.29, 0.717) is 44.9 Å². The zero-order chi connectivity index (χ0) is 52.8. The van der Waals surface area contributed by atoms with Gasteiger partial charge in [0, 0.05) is 54.5 Å². The first-order valence-electron chi connectivity index (χ1n) is 24.6. The molecule has 0 unspecified atom stereocenters. The fourth-order valence-electron chi connectivity index (χ4n) is 9.49. The number of hydrogen-bond donors (Lipinski definition) is 2. The van der Waals surface area contributed by atoms with Crippen LogP contribution >= 0.6 is 34.3 Å². The van der Waals surface area contributed by atoms with Gasteiger partial charge in [-0.3, -0.25) is 0 Å². The van der Waals surface area contributed by atoms with Crippen LogP contribution in [0.1, 0.15) is 48.4 Å². The van der Waals surface area contributed by atoms with Crippen molar-refractivity contribution in [2.45, 2.75) is 38.9 Å². The average molecular weight is 1080 g/mol. The number of aromatic nitrogens is 6. The van der Waals surface area contributed by atoms with E-state index in [9.17, 15) is 9.59 Å². The summed E-state index contributed by atoms with van der Waals surface area (Å²) in [6, 6.07) is 30.9. The van der Waals surface area contributed by atoms with Crippen LogP contribution in [-0.2, 0) is 28.3 Å². The van der Waals surface area contributed by atoms with Gasteiger partial charge in [-0.15, -0.1) is 22.7 Å². The molecule has 18 nitrogen and oxygen atoms in total. The topological polar surface area (TPSA) is 197 Å². The third kappa shape index (κ3) is 10.4. The molecule has 5 aliphatic heterocycles. The van der Waals surface area contributed by atoms with E-state index in [2.05, 4.69) is 69.6 Å². The van der Waals surface area contributed by atoms with Gasteiger partial charge in [0.1, 0.15) is 15.9 Å². The third-order valence-corrected chi connectivity index (χ3v) is 16.0. The molecular weight excluding hydrogens is 1030 g/mol. The highest BCUT2D eigenvalue weighted by atomic mass is 35.5. The normalized spacial score (nSPS) is 18.0. The van der Waals surface area contributed by atoms with Crippen molar-refractivity contribution in [2.24, 2.45) is 10.8 Å². The van der Waals surface area contributed by atoms with Gasteiger partial charge in [-0.25, -0.2) is 34.5 Å². The van der Waals surface area contributed by atoms with Gasteiger partial charge in [-0.1, -0.05) is 36.4 Å². The molecule has 4 aromatic heterocycles. The van der Waals surface area contributed by atoms with E-state index in [0.717, 1.165) is 90.2 Å². The summed E-state index contributed by atoms with van der Waals surface area (Å²) < 4.78 is 32.2. The van der Waals surface area contributed by atoms with E-state index in [-0.39, 0.29) is 22.5 Å². The molecule has 5 fully saturated rings. The maximum absolute atomic E-state index is 12.0. The van der Waals surface area contributed by atoms with Crippen LogP contribution in [0.4, 0.5) is 34.4 Å². The van der Waals surface area contributed by atoms with Crippen molar-refractivity contribution in [1.29, 1.82) is 0 Å². The number of fused-ring (bicyclic) bond motifs is 2. The predicted molar refractivity (Wildman–Crippen MR) is 296 cm³/mol. The number of rotatable bonds is 10. The number of benzene rings is 4. The molecular formula is C54H54BClN10O8S2. The summed E-state index contributed by atoms with van der Waals surface area (Å²) in [6.07, 6.45) is 0. The van der Waals surface area contributed by atoms with Crippen LogP contribution < -0.4 is 25.9 Å². The lowest BCUT2D eigenvalue weighted by atomic mass is 9.78. The molecule has 5 aliphatic rings. The van der Waals surface area contributed by atoms with Crippen LogP contribution in [0, 0.1) is 10.8 Å². The Balaban J connectivity index is 0.000000127. The molecule has 0 atom stereocenters. The highest BCUT2D eigenvalue weighted by Gasteiger charge is 2.52. The first-order chi connectivity index (χ1) is 36.6. The molecule has 9 heterocycles. The summed E-state index contributed by atoms with van der Waals surface area (Å²) in [5, 5.41) is 6.98. The molecule has 5 saturated heterocycles. The summed E-state index contributed by atoms with van der Waals surface area (Å²) in [5.74, 6) is 1.02. The summed E-state index contributed by atoms with van der Waals surface area (Å²) in [6.45, 7) is 15.7. The highest BCUT2D eigenvalue weighted by molar-refractivity contribution is 7.16. The molecule has 13 rings (SSSR count). The van der Waals surface area contributed by atoms with Gasteiger partial charge in [0.25, 0.3) is 0 Å². The lowest BCUT2D eigenvalue weighted by Crippen LogP contribution is -2.66. The molecule has 0 aliphatic carbocycles. The van der Waals surface area contributed by atoms with Crippen molar-refractivity contribution in [3.05, 3.63) is 124 Å². The second-order valence-corrected chi connectivity index (χ2v) is 22.6. The Labute approximate surface area is 452 Å². The van der Waals surface area contributed by atoms with Crippen LogP contribution in [0.25, 0.3) is 32.1 Å². The summed E-state index contributed by atoms with van der Waals surface area (Å²) in [4.78, 5) is 56.5. The van der Waals surface area contributed by atoms with E-state index < -0.39 is 13.1 Å². The van der Waals surface area contributed by atoms with Gasteiger partial charge < -0.3 is 48.7 Å². The molecule has 0 radical (unpaired) electrons. The molecule has 390 valence electrons. The maximum atomic E-state index is 12.0. The molecule has 8 aromatic rings. The zero-order valence-electron chi connectivity index (χ0n) is 42.7. The van der Waals surface area contributed by atoms with E-state index in [1.165, 1.54) is 48.3 Å². The number of anilines is 6. The second kappa shape index (κ2) is 20.6. The monoisotopic (exact) mass is 1080 g/mol. The van der Waals surface area contributed by atoms with E-state index in [1.54, 1.807) is 47.4 Å². The fourth-order valence-corrected chi connectivity index (χ4v) is 11.0.